The van der Waals surface area contributed by atoms with Crippen LogP contribution in [0.2, 0.25) is 5.02 Å². The summed E-state index contributed by atoms with van der Waals surface area (Å²) in [5.41, 5.74) is 12.3. The van der Waals surface area contributed by atoms with Crippen LogP contribution >= 0.6 is 11.6 Å². The van der Waals surface area contributed by atoms with Gasteiger partial charge in [-0.25, -0.2) is 22.0 Å². The third-order valence-electron chi connectivity index (χ3n) is 17.1. The van der Waals surface area contributed by atoms with E-state index in [0.29, 0.717) is 79.0 Å². The van der Waals surface area contributed by atoms with Gasteiger partial charge < -0.3 is 31.5 Å². The monoisotopic (exact) mass is 1050 g/mol. The number of likely N-dealkylation sites (tertiary alicyclic amines) is 2. The van der Waals surface area contributed by atoms with E-state index in [0.717, 1.165) is 62.1 Å². The maximum Gasteiger partial charge on any atom is 0.172 e. The molecule has 2 aliphatic carbocycles. The Morgan fingerprint density at radius 3 is 2.17 bits per heavy atom. The predicted octanol–water partition coefficient (Wildman–Crippen LogP) is 13.8. The van der Waals surface area contributed by atoms with Crippen LogP contribution in [-0.2, 0) is 25.3 Å². The molecule has 1 aromatic heterocycles. The smallest absolute Gasteiger partial charge is 0.172 e. The van der Waals surface area contributed by atoms with Crippen LogP contribution in [0.1, 0.15) is 130 Å². The van der Waals surface area contributed by atoms with Crippen molar-refractivity contribution < 1.29 is 22.0 Å². The molecule has 2 saturated heterocycles. The fourth-order valence-corrected chi connectivity index (χ4v) is 12.9. The first-order valence-corrected chi connectivity index (χ1v) is 27.3. The van der Waals surface area contributed by atoms with Crippen LogP contribution in [0.3, 0.4) is 0 Å². The molecule has 402 valence electrons. The van der Waals surface area contributed by atoms with Crippen LogP contribution < -0.4 is 21.7 Å². The number of nitrogens with zero attached hydrogens (tertiary/aromatic N) is 4. The van der Waals surface area contributed by atoms with E-state index < -0.39 is 29.1 Å². The summed E-state index contributed by atoms with van der Waals surface area (Å²) in [6.45, 7) is 26.2. The summed E-state index contributed by atoms with van der Waals surface area (Å²) in [7, 11) is 3.60. The number of fused-ring (bicyclic) bond motifs is 2. The highest BCUT2D eigenvalue weighted by molar-refractivity contribution is 6.34. The van der Waals surface area contributed by atoms with Crippen molar-refractivity contribution in [2.75, 3.05) is 45.1 Å². The van der Waals surface area contributed by atoms with E-state index in [9.17, 15) is 0 Å². The lowest BCUT2D eigenvalue weighted by Crippen LogP contribution is -2.48. The van der Waals surface area contributed by atoms with Crippen LogP contribution in [-0.4, -0.2) is 71.4 Å². The number of rotatable bonds is 16. The minimum absolute atomic E-state index is 0.0129. The molecule has 0 amide bonds. The van der Waals surface area contributed by atoms with Crippen LogP contribution in [0.4, 0.5) is 27.8 Å². The largest absolute Gasteiger partial charge is 0.399 e. The van der Waals surface area contributed by atoms with Crippen LogP contribution in [0.15, 0.2) is 92.4 Å². The maximum atomic E-state index is 16.0. The van der Waals surface area contributed by atoms with Crippen molar-refractivity contribution in [1.82, 2.24) is 30.2 Å². The Morgan fingerprint density at radius 2 is 1.55 bits per heavy atom. The summed E-state index contributed by atoms with van der Waals surface area (Å²) >= 11 is 6.58. The first kappa shape index (κ1) is 55.6. The van der Waals surface area contributed by atoms with Gasteiger partial charge in [-0.15, -0.1) is 0 Å². The predicted molar refractivity (Wildman–Crippen MR) is 298 cm³/mol. The molecule has 1 unspecified atom stereocenters. The summed E-state index contributed by atoms with van der Waals surface area (Å²) in [4.78, 5) is 4.96. The summed E-state index contributed by atoms with van der Waals surface area (Å²) < 4.78 is 79.4. The molecule has 3 fully saturated rings. The molecule has 2 atom stereocenters. The van der Waals surface area contributed by atoms with Gasteiger partial charge in [0.1, 0.15) is 17.2 Å². The van der Waals surface area contributed by atoms with Crippen molar-refractivity contribution in [3.63, 3.8) is 0 Å². The molecule has 9 rings (SSSR count). The third kappa shape index (κ3) is 11.1. The Balaban J connectivity index is 0.000000208. The van der Waals surface area contributed by atoms with Crippen LogP contribution in [0, 0.1) is 35.0 Å². The second kappa shape index (κ2) is 23.7. The quantitative estimate of drug-likeness (QED) is 0.0445. The summed E-state index contributed by atoms with van der Waals surface area (Å²) in [6, 6.07) is 16.3. The third-order valence-corrected chi connectivity index (χ3v) is 17.5. The van der Waals surface area contributed by atoms with E-state index >= 15 is 22.0 Å². The van der Waals surface area contributed by atoms with Gasteiger partial charge in [-0.2, -0.15) is 5.10 Å². The summed E-state index contributed by atoms with van der Waals surface area (Å²) in [5, 5.41) is 13.3. The first-order valence-electron chi connectivity index (χ1n) is 26.9. The summed E-state index contributed by atoms with van der Waals surface area (Å²) in [6.07, 6.45) is 12.2. The first-order chi connectivity index (χ1) is 35.9. The molecule has 75 heavy (non-hydrogen) atoms. The molecular weight excluding hydrogens is 975 g/mol. The fraction of sp³-hybridized carbons (Fsp3) is 0.459. The zero-order valence-corrected chi connectivity index (χ0v) is 45.3. The minimum Gasteiger partial charge on any atom is -0.399 e. The fourth-order valence-electron chi connectivity index (χ4n) is 12.7. The number of halogens is 6. The number of hydrogen-bond donors (Lipinski definition) is 4. The average Bonchev–Trinajstić information content (AvgIpc) is 3.90. The number of nitrogens with two attached hydrogens (primary N) is 1. The van der Waals surface area contributed by atoms with Crippen molar-refractivity contribution in [2.45, 2.75) is 127 Å². The Kier molecular flexibility index (Phi) is 17.6. The van der Waals surface area contributed by atoms with E-state index in [-0.39, 0.29) is 55.8 Å². The van der Waals surface area contributed by atoms with E-state index in [1.807, 2.05) is 25.1 Å². The molecule has 4 aliphatic rings. The Hall–Kier alpha value is -5.63. The van der Waals surface area contributed by atoms with E-state index in [1.165, 1.54) is 42.1 Å². The molecular formula is C61H76ClF5N8. The highest BCUT2D eigenvalue weighted by Gasteiger charge is 2.44. The number of allylic oxidation sites excluding steroid dienone is 1. The second-order valence-corrected chi connectivity index (χ2v) is 22.0. The van der Waals surface area contributed by atoms with Crippen molar-refractivity contribution in [3.05, 3.63) is 160 Å². The zero-order valence-electron chi connectivity index (χ0n) is 44.6. The van der Waals surface area contributed by atoms with Gasteiger partial charge in [0.15, 0.2) is 23.3 Å². The van der Waals surface area contributed by atoms with E-state index in [4.69, 9.17) is 17.3 Å². The lowest BCUT2D eigenvalue weighted by molar-refractivity contribution is 0.0922. The van der Waals surface area contributed by atoms with Crippen LogP contribution in [0.25, 0.3) is 27.7 Å². The van der Waals surface area contributed by atoms with Crippen molar-refractivity contribution in [3.8, 4) is 11.1 Å². The molecule has 8 nitrogen and oxygen atoms in total. The molecule has 5 aromatic rings. The van der Waals surface area contributed by atoms with Crippen molar-refractivity contribution in [1.29, 1.82) is 0 Å². The Labute approximate surface area is 446 Å². The lowest BCUT2D eigenvalue weighted by Gasteiger charge is -2.44. The highest BCUT2D eigenvalue weighted by Crippen LogP contribution is 2.55. The molecule has 0 bridgehead atoms. The van der Waals surface area contributed by atoms with E-state index in [2.05, 4.69) is 90.2 Å². The Bertz CT molecular complexity index is 2910. The number of benzene rings is 4. The molecule has 0 spiro atoms. The molecule has 14 heteroatoms. The van der Waals surface area contributed by atoms with E-state index in [1.54, 1.807) is 25.4 Å². The normalized spacial score (nSPS) is 21.4. The number of aryl methyl sites for hydroxylation is 2. The molecule has 5 N–H and O–H groups in total. The minimum atomic E-state index is -1.10. The SMILES string of the molecule is C=C(N)c1ccc(CCC)c(F)c1-c1c(Cl)c(F)cc2c1[C@H](C)C(C)(c1ccccc1)C2.C=CNCCC(=C)Nc1nn(C)c2c(F)c(C3CCN(C4CCN(C(=C)C5CCC(NC)CC5)CC4)CC3)c(F)c(F)c12. The number of anilines is 1. The van der Waals surface area contributed by atoms with Gasteiger partial charge in [0, 0.05) is 89.9 Å². The van der Waals surface area contributed by atoms with Gasteiger partial charge in [0.25, 0.3) is 0 Å². The number of aromatic nitrogens is 2. The van der Waals surface area contributed by atoms with Gasteiger partial charge in [0.05, 0.1) is 10.4 Å². The number of piperidine rings is 2. The standard InChI is InChI=1S/C33H48F3N7.C28H28ClF2N/c1-6-38-16-11-21(2)39-33-28-30(35)29(34)27(31(36)32(28)41(5)40-33)24-12-17-43(18-13-24)26-14-19-42(20-15-26)22(3)23-7-9-25(37-4)10-8-23;1-5-9-18-12-13-21(17(3)32)24(27(18)31)25-23-16(2)28(4,20-10-7-6-8-11-20)15-19(23)14-22(30)26(25)29/h6,23-26,37-38H,1-3,7-20H2,4-5H3,(H,39,40);6-8,10-14,16H,3,5,9,15,32H2,1-2,4H3/t;16-,28?/m.0/s1. The van der Waals surface area contributed by atoms with Crippen molar-refractivity contribution >= 4 is 34.0 Å². The summed E-state index contributed by atoms with van der Waals surface area (Å²) in [5.74, 6) is -3.56. The number of nitrogens with one attached hydrogen (secondary N) is 3. The topological polar surface area (TPSA) is 86.4 Å². The van der Waals surface area contributed by atoms with Gasteiger partial charge in [-0.1, -0.05) is 108 Å². The second-order valence-electron chi connectivity index (χ2n) is 21.6. The Morgan fingerprint density at radius 1 is 0.867 bits per heavy atom. The number of hydrogen-bond acceptors (Lipinski definition) is 7. The highest BCUT2D eigenvalue weighted by atomic mass is 35.5. The molecule has 4 aromatic carbocycles. The molecule has 0 radical (unpaired) electrons. The van der Waals surface area contributed by atoms with Crippen LogP contribution in [0.5, 0.6) is 0 Å². The van der Waals surface area contributed by atoms with Crippen molar-refractivity contribution in [2.24, 2.45) is 18.7 Å². The maximum absolute atomic E-state index is 16.0. The average molecular weight is 1050 g/mol. The molecule has 1 saturated carbocycles. The van der Waals surface area contributed by atoms with Gasteiger partial charge in [-0.05, 0) is 137 Å². The van der Waals surface area contributed by atoms with Gasteiger partial charge in [0.2, 0.25) is 0 Å². The van der Waals surface area contributed by atoms with Gasteiger partial charge >= 0.3 is 0 Å². The lowest BCUT2D eigenvalue weighted by atomic mass is 9.72. The van der Waals surface area contributed by atoms with Gasteiger partial charge in [-0.3, -0.25) is 4.68 Å². The molecule has 3 heterocycles. The zero-order chi connectivity index (χ0) is 53.9. The molecule has 2 aliphatic heterocycles.